The van der Waals surface area contributed by atoms with Crippen LogP contribution >= 0.6 is 47.8 Å². The van der Waals surface area contributed by atoms with Gasteiger partial charge in [0.05, 0.1) is 21.6 Å². The minimum Gasteiger partial charge on any atom is -0.491 e. The second-order valence-corrected chi connectivity index (χ2v) is 6.95. The summed E-state index contributed by atoms with van der Waals surface area (Å²) in [4.78, 5) is 0. The first-order chi connectivity index (χ1) is 8.06. The highest BCUT2D eigenvalue weighted by Crippen LogP contribution is 2.49. The van der Waals surface area contributed by atoms with Crippen molar-refractivity contribution in [3.8, 4) is 11.8 Å². The standard InChI is InChI=1S/C12H10Br3NO/c13-8-5-9(14)11(10(15)6-8)17-7-12(1-2-12)3-4-16/h5-6H,1-3,7H2. The Balaban J connectivity index is 2.07. The molecule has 1 aliphatic rings. The fraction of sp³-hybridized carbons (Fsp3) is 0.417. The Hall–Kier alpha value is -0.0500. The second-order valence-electron chi connectivity index (χ2n) is 4.32. The monoisotopic (exact) mass is 421 g/mol. The van der Waals surface area contributed by atoms with E-state index >= 15 is 0 Å². The molecule has 0 unspecified atom stereocenters. The van der Waals surface area contributed by atoms with Crippen molar-refractivity contribution < 1.29 is 4.74 Å². The van der Waals surface area contributed by atoms with Gasteiger partial charge >= 0.3 is 0 Å². The molecule has 1 aromatic carbocycles. The van der Waals surface area contributed by atoms with Crippen LogP contribution in [0.1, 0.15) is 19.3 Å². The number of halogens is 3. The number of ether oxygens (including phenoxy) is 1. The smallest absolute Gasteiger partial charge is 0.147 e. The number of hydrogen-bond acceptors (Lipinski definition) is 2. The molecule has 0 heterocycles. The normalized spacial score (nSPS) is 16.4. The lowest BCUT2D eigenvalue weighted by Gasteiger charge is -2.15. The molecule has 1 aromatic rings. The first kappa shape index (κ1) is 13.4. The molecule has 17 heavy (non-hydrogen) atoms. The summed E-state index contributed by atoms with van der Waals surface area (Å²) in [6, 6.07) is 6.13. The molecule has 90 valence electrons. The van der Waals surface area contributed by atoms with Gasteiger partial charge in [0.2, 0.25) is 0 Å². The molecule has 2 nitrogen and oxygen atoms in total. The highest BCUT2D eigenvalue weighted by molar-refractivity contribution is 9.11. The van der Waals surface area contributed by atoms with E-state index in [-0.39, 0.29) is 5.41 Å². The molecular formula is C12H10Br3NO. The summed E-state index contributed by atoms with van der Waals surface area (Å²) in [5.41, 5.74) is 0.0979. The zero-order valence-corrected chi connectivity index (χ0v) is 13.7. The van der Waals surface area contributed by atoms with Crippen molar-refractivity contribution in [2.24, 2.45) is 5.41 Å². The molecule has 0 N–H and O–H groups in total. The van der Waals surface area contributed by atoms with E-state index in [2.05, 4.69) is 53.9 Å². The van der Waals surface area contributed by atoms with Crippen molar-refractivity contribution in [2.75, 3.05) is 6.61 Å². The zero-order valence-electron chi connectivity index (χ0n) is 8.97. The minimum absolute atomic E-state index is 0.0979. The Kier molecular flexibility index (Phi) is 4.17. The Bertz CT molecular complexity index is 454. The number of nitrogens with zero attached hydrogens (tertiary/aromatic N) is 1. The molecular weight excluding hydrogens is 414 g/mol. The summed E-state index contributed by atoms with van der Waals surface area (Å²) in [5.74, 6) is 0.803. The van der Waals surface area contributed by atoms with Crippen LogP contribution in [-0.4, -0.2) is 6.61 Å². The molecule has 1 saturated carbocycles. The summed E-state index contributed by atoms with van der Waals surface area (Å²) < 4.78 is 8.64. The van der Waals surface area contributed by atoms with Crippen LogP contribution < -0.4 is 4.74 Å². The lowest BCUT2D eigenvalue weighted by Crippen LogP contribution is -2.12. The van der Waals surface area contributed by atoms with Gasteiger partial charge in [-0.25, -0.2) is 0 Å². The average Bonchev–Trinajstić information content (AvgIpc) is 2.97. The van der Waals surface area contributed by atoms with Crippen LogP contribution in [0.15, 0.2) is 25.6 Å². The van der Waals surface area contributed by atoms with Gasteiger partial charge in [-0.3, -0.25) is 0 Å². The predicted molar refractivity (Wildman–Crippen MR) is 76.9 cm³/mol. The van der Waals surface area contributed by atoms with Gasteiger partial charge in [0.1, 0.15) is 5.75 Å². The van der Waals surface area contributed by atoms with Gasteiger partial charge in [0.15, 0.2) is 0 Å². The quantitative estimate of drug-likeness (QED) is 0.679. The van der Waals surface area contributed by atoms with Crippen LogP contribution in [0.3, 0.4) is 0 Å². The topological polar surface area (TPSA) is 33.0 Å². The Morgan fingerprint density at radius 2 is 1.82 bits per heavy atom. The molecule has 0 spiro atoms. The number of benzene rings is 1. The molecule has 0 saturated heterocycles. The molecule has 0 aromatic heterocycles. The van der Waals surface area contributed by atoms with Gasteiger partial charge in [-0.1, -0.05) is 15.9 Å². The van der Waals surface area contributed by atoms with Crippen molar-refractivity contribution in [3.05, 3.63) is 25.6 Å². The molecule has 0 bridgehead atoms. The Morgan fingerprint density at radius 1 is 1.24 bits per heavy atom. The molecule has 0 radical (unpaired) electrons. The fourth-order valence-electron chi connectivity index (χ4n) is 1.61. The summed E-state index contributed by atoms with van der Waals surface area (Å²) in [6.07, 6.45) is 2.76. The lowest BCUT2D eigenvalue weighted by molar-refractivity contribution is 0.234. The zero-order chi connectivity index (χ0) is 12.5. The number of hydrogen-bond donors (Lipinski definition) is 0. The van der Waals surface area contributed by atoms with Crippen molar-refractivity contribution >= 4 is 47.8 Å². The molecule has 0 atom stereocenters. The summed E-state index contributed by atoms with van der Waals surface area (Å²) in [7, 11) is 0. The van der Waals surface area contributed by atoms with E-state index in [0.29, 0.717) is 13.0 Å². The van der Waals surface area contributed by atoms with E-state index in [4.69, 9.17) is 10.00 Å². The lowest BCUT2D eigenvalue weighted by atomic mass is 10.1. The van der Waals surface area contributed by atoms with Gasteiger partial charge in [0.25, 0.3) is 0 Å². The summed E-state index contributed by atoms with van der Waals surface area (Å²) in [6.45, 7) is 0.611. The van der Waals surface area contributed by atoms with Crippen LogP contribution in [0.25, 0.3) is 0 Å². The average molecular weight is 424 g/mol. The van der Waals surface area contributed by atoms with Crippen molar-refractivity contribution in [2.45, 2.75) is 19.3 Å². The molecule has 0 aliphatic heterocycles. The molecule has 0 amide bonds. The third kappa shape index (κ3) is 3.24. The summed E-state index contributed by atoms with van der Waals surface area (Å²) >= 11 is 10.4. The van der Waals surface area contributed by atoms with E-state index in [9.17, 15) is 0 Å². The number of rotatable bonds is 4. The van der Waals surface area contributed by atoms with E-state index in [1.54, 1.807) is 0 Å². The maximum absolute atomic E-state index is 8.75. The van der Waals surface area contributed by atoms with E-state index in [1.165, 1.54) is 0 Å². The largest absolute Gasteiger partial charge is 0.491 e. The first-order valence-corrected chi connectivity index (χ1v) is 7.58. The second kappa shape index (κ2) is 5.29. The maximum Gasteiger partial charge on any atom is 0.147 e. The molecule has 5 heteroatoms. The third-order valence-electron chi connectivity index (χ3n) is 2.90. The van der Waals surface area contributed by atoms with Crippen molar-refractivity contribution in [1.82, 2.24) is 0 Å². The van der Waals surface area contributed by atoms with Gasteiger partial charge in [0, 0.05) is 16.3 Å². The molecule has 1 fully saturated rings. The van der Waals surface area contributed by atoms with Crippen LogP contribution in [0.2, 0.25) is 0 Å². The van der Waals surface area contributed by atoms with E-state index in [0.717, 1.165) is 32.0 Å². The number of nitriles is 1. The highest BCUT2D eigenvalue weighted by atomic mass is 79.9. The Labute approximate surface area is 126 Å². The van der Waals surface area contributed by atoms with Crippen LogP contribution in [0.4, 0.5) is 0 Å². The molecule has 1 aliphatic carbocycles. The minimum atomic E-state index is 0.0979. The maximum atomic E-state index is 8.75. The molecule has 2 rings (SSSR count). The van der Waals surface area contributed by atoms with Crippen LogP contribution in [-0.2, 0) is 0 Å². The first-order valence-electron chi connectivity index (χ1n) is 5.21. The van der Waals surface area contributed by atoms with Gasteiger partial charge in [-0.15, -0.1) is 0 Å². The van der Waals surface area contributed by atoms with E-state index in [1.807, 2.05) is 12.1 Å². The fourth-order valence-corrected chi connectivity index (χ4v) is 4.10. The van der Waals surface area contributed by atoms with Gasteiger partial charge in [-0.2, -0.15) is 5.26 Å². The van der Waals surface area contributed by atoms with Crippen molar-refractivity contribution in [3.63, 3.8) is 0 Å². The summed E-state index contributed by atoms with van der Waals surface area (Å²) in [5, 5.41) is 8.75. The van der Waals surface area contributed by atoms with E-state index < -0.39 is 0 Å². The van der Waals surface area contributed by atoms with Crippen LogP contribution in [0, 0.1) is 16.7 Å². The van der Waals surface area contributed by atoms with Crippen LogP contribution in [0.5, 0.6) is 5.75 Å². The third-order valence-corrected chi connectivity index (χ3v) is 4.53. The van der Waals surface area contributed by atoms with Gasteiger partial charge < -0.3 is 4.74 Å². The van der Waals surface area contributed by atoms with Gasteiger partial charge in [-0.05, 0) is 56.8 Å². The Morgan fingerprint density at radius 3 is 2.29 bits per heavy atom. The van der Waals surface area contributed by atoms with Crippen molar-refractivity contribution in [1.29, 1.82) is 5.26 Å². The highest BCUT2D eigenvalue weighted by Gasteiger charge is 2.43. The predicted octanol–water partition coefficient (Wildman–Crippen LogP) is 5.05. The SMILES string of the molecule is N#CCC1(COc2c(Br)cc(Br)cc2Br)CC1.